The molecule has 124 valence electrons. The maximum absolute atomic E-state index is 12.6. The zero-order valence-electron chi connectivity index (χ0n) is 13.9. The van der Waals surface area contributed by atoms with E-state index >= 15 is 0 Å². The number of carbonyl (C=O) groups excluding carboxylic acids is 1. The molecule has 3 atom stereocenters. The Kier molecular flexibility index (Phi) is 4.34. The first kappa shape index (κ1) is 15.1. The first-order valence-electron chi connectivity index (χ1n) is 9.17. The fraction of sp³-hybridized carbons (Fsp3) is 0.684. The molecule has 2 heterocycles. The van der Waals surface area contributed by atoms with E-state index in [2.05, 4.69) is 26.9 Å². The molecule has 23 heavy (non-hydrogen) atoms. The molecule has 0 radical (unpaired) electrons. The predicted octanol–water partition coefficient (Wildman–Crippen LogP) is 2.55. The summed E-state index contributed by atoms with van der Waals surface area (Å²) in [5.41, 5.74) is 1.31. The lowest BCUT2D eigenvalue weighted by molar-refractivity contribution is -0.134. The monoisotopic (exact) mass is 313 g/mol. The maximum Gasteiger partial charge on any atom is 0.222 e. The fourth-order valence-corrected chi connectivity index (χ4v) is 4.88. The van der Waals surface area contributed by atoms with Crippen molar-refractivity contribution in [3.63, 3.8) is 0 Å². The molecule has 1 amide bonds. The quantitative estimate of drug-likeness (QED) is 0.857. The Hall–Kier alpha value is -1.42. The van der Waals surface area contributed by atoms with Crippen LogP contribution in [0.5, 0.6) is 0 Å². The van der Waals surface area contributed by atoms with Crippen LogP contribution in [0.15, 0.2) is 24.5 Å². The number of fused-ring (bicyclic) bond motifs is 2. The summed E-state index contributed by atoms with van der Waals surface area (Å²) in [6.45, 7) is 4.74. The van der Waals surface area contributed by atoms with Gasteiger partial charge in [-0.25, -0.2) is 0 Å². The summed E-state index contributed by atoms with van der Waals surface area (Å²) < 4.78 is 0. The van der Waals surface area contributed by atoms with Gasteiger partial charge in [-0.15, -0.1) is 0 Å². The minimum atomic E-state index is 0.408. The Labute approximate surface area is 138 Å². The van der Waals surface area contributed by atoms with Gasteiger partial charge < -0.3 is 4.90 Å². The Morgan fingerprint density at radius 2 is 1.87 bits per heavy atom. The van der Waals surface area contributed by atoms with Gasteiger partial charge >= 0.3 is 0 Å². The molecule has 3 unspecified atom stereocenters. The highest BCUT2D eigenvalue weighted by Gasteiger charge is 2.40. The number of piperazine rings is 1. The molecule has 1 aromatic heterocycles. The van der Waals surface area contributed by atoms with Gasteiger partial charge in [0.15, 0.2) is 0 Å². The average molecular weight is 313 g/mol. The number of amides is 1. The van der Waals surface area contributed by atoms with E-state index in [9.17, 15) is 4.79 Å². The molecule has 3 fully saturated rings. The molecular formula is C19H27N3O. The number of nitrogens with zero attached hydrogens (tertiary/aromatic N) is 3. The summed E-state index contributed by atoms with van der Waals surface area (Å²) in [5.74, 6) is 2.90. The SMILES string of the molecule is O=C(CC1CC2CCC1C2)N1CCN(Cc2ccncc2)CC1. The Morgan fingerprint density at radius 3 is 2.52 bits per heavy atom. The molecule has 4 rings (SSSR count). The van der Waals surface area contributed by atoms with Crippen molar-refractivity contribution < 1.29 is 4.79 Å². The highest BCUT2D eigenvalue weighted by molar-refractivity contribution is 5.76. The van der Waals surface area contributed by atoms with Gasteiger partial charge in [0.25, 0.3) is 0 Å². The molecule has 0 spiro atoms. The molecule has 4 heteroatoms. The van der Waals surface area contributed by atoms with Crippen LogP contribution in [0, 0.1) is 17.8 Å². The van der Waals surface area contributed by atoms with Crippen molar-refractivity contribution >= 4 is 5.91 Å². The minimum Gasteiger partial charge on any atom is -0.340 e. The van der Waals surface area contributed by atoms with Crippen molar-refractivity contribution in [2.75, 3.05) is 26.2 Å². The molecule has 2 saturated carbocycles. The van der Waals surface area contributed by atoms with E-state index in [1.54, 1.807) is 0 Å². The summed E-state index contributed by atoms with van der Waals surface area (Å²) >= 11 is 0. The number of carbonyl (C=O) groups is 1. The van der Waals surface area contributed by atoms with Gasteiger partial charge in [-0.3, -0.25) is 14.7 Å². The van der Waals surface area contributed by atoms with Gasteiger partial charge in [-0.2, -0.15) is 0 Å². The molecule has 2 aliphatic carbocycles. The molecular weight excluding hydrogens is 286 g/mol. The van der Waals surface area contributed by atoms with E-state index < -0.39 is 0 Å². The molecule has 1 aliphatic heterocycles. The van der Waals surface area contributed by atoms with Crippen molar-refractivity contribution in [2.45, 2.75) is 38.6 Å². The molecule has 0 N–H and O–H groups in total. The summed E-state index contributed by atoms with van der Waals surface area (Å²) in [4.78, 5) is 21.2. The van der Waals surface area contributed by atoms with E-state index in [0.29, 0.717) is 11.8 Å². The van der Waals surface area contributed by atoms with Crippen molar-refractivity contribution in [2.24, 2.45) is 17.8 Å². The van der Waals surface area contributed by atoms with Crippen LogP contribution in [-0.4, -0.2) is 46.9 Å². The van der Waals surface area contributed by atoms with Gasteiger partial charge in [-0.05, 0) is 54.7 Å². The zero-order chi connectivity index (χ0) is 15.6. The van der Waals surface area contributed by atoms with E-state index in [-0.39, 0.29) is 0 Å². The maximum atomic E-state index is 12.6. The fourth-order valence-electron chi connectivity index (χ4n) is 4.88. The van der Waals surface area contributed by atoms with Gasteiger partial charge in [0, 0.05) is 51.5 Å². The Balaban J connectivity index is 1.24. The Bertz CT molecular complexity index is 539. The van der Waals surface area contributed by atoms with Crippen molar-refractivity contribution in [1.82, 2.24) is 14.8 Å². The third-order valence-electron chi connectivity index (χ3n) is 6.20. The molecule has 0 aromatic carbocycles. The smallest absolute Gasteiger partial charge is 0.222 e. The summed E-state index contributed by atoms with van der Waals surface area (Å²) in [7, 11) is 0. The molecule has 1 aromatic rings. The first-order chi connectivity index (χ1) is 11.3. The van der Waals surface area contributed by atoms with Crippen LogP contribution in [0.4, 0.5) is 0 Å². The van der Waals surface area contributed by atoms with Crippen molar-refractivity contribution in [1.29, 1.82) is 0 Å². The van der Waals surface area contributed by atoms with Gasteiger partial charge in [0.1, 0.15) is 0 Å². The standard InChI is InChI=1S/C19H27N3O/c23-19(13-18-12-16-1-2-17(18)11-16)22-9-7-21(8-10-22)14-15-3-5-20-6-4-15/h3-6,16-18H,1-2,7-14H2. The summed E-state index contributed by atoms with van der Waals surface area (Å²) in [6, 6.07) is 4.15. The third-order valence-corrected chi connectivity index (χ3v) is 6.20. The summed E-state index contributed by atoms with van der Waals surface area (Å²) in [6.07, 6.45) is 10.0. The van der Waals surface area contributed by atoms with Crippen molar-refractivity contribution in [3.05, 3.63) is 30.1 Å². The van der Waals surface area contributed by atoms with Gasteiger partial charge in [0.05, 0.1) is 0 Å². The van der Waals surface area contributed by atoms with Crippen LogP contribution in [0.25, 0.3) is 0 Å². The van der Waals surface area contributed by atoms with Gasteiger partial charge in [0.2, 0.25) is 5.91 Å². The van der Waals surface area contributed by atoms with Crippen LogP contribution in [0.2, 0.25) is 0 Å². The van der Waals surface area contributed by atoms with Crippen LogP contribution in [0.1, 0.15) is 37.7 Å². The second-order valence-corrected chi connectivity index (χ2v) is 7.65. The average Bonchev–Trinajstić information content (AvgIpc) is 3.19. The van der Waals surface area contributed by atoms with E-state index in [0.717, 1.165) is 51.0 Å². The van der Waals surface area contributed by atoms with Crippen LogP contribution in [-0.2, 0) is 11.3 Å². The number of aromatic nitrogens is 1. The second kappa shape index (κ2) is 6.60. The number of pyridine rings is 1. The third kappa shape index (κ3) is 3.42. The van der Waals surface area contributed by atoms with E-state index in [4.69, 9.17) is 0 Å². The number of hydrogen-bond acceptors (Lipinski definition) is 3. The van der Waals surface area contributed by atoms with Crippen molar-refractivity contribution in [3.8, 4) is 0 Å². The highest BCUT2D eigenvalue weighted by Crippen LogP contribution is 2.49. The molecule has 1 saturated heterocycles. The number of rotatable bonds is 4. The van der Waals surface area contributed by atoms with Crippen LogP contribution >= 0.6 is 0 Å². The Morgan fingerprint density at radius 1 is 1.09 bits per heavy atom. The largest absolute Gasteiger partial charge is 0.340 e. The lowest BCUT2D eigenvalue weighted by Crippen LogP contribution is -2.48. The van der Waals surface area contributed by atoms with E-state index in [1.807, 2.05) is 12.4 Å². The minimum absolute atomic E-state index is 0.408. The normalized spacial score (nSPS) is 30.8. The van der Waals surface area contributed by atoms with E-state index in [1.165, 1.54) is 31.2 Å². The second-order valence-electron chi connectivity index (χ2n) is 7.65. The molecule has 2 bridgehead atoms. The zero-order valence-corrected chi connectivity index (χ0v) is 13.9. The predicted molar refractivity (Wildman–Crippen MR) is 89.6 cm³/mol. The number of hydrogen-bond donors (Lipinski definition) is 0. The topological polar surface area (TPSA) is 36.4 Å². The van der Waals surface area contributed by atoms with Crippen LogP contribution in [0.3, 0.4) is 0 Å². The lowest BCUT2D eigenvalue weighted by Gasteiger charge is -2.35. The van der Waals surface area contributed by atoms with Gasteiger partial charge in [-0.1, -0.05) is 6.42 Å². The van der Waals surface area contributed by atoms with Crippen LogP contribution < -0.4 is 0 Å². The molecule has 4 nitrogen and oxygen atoms in total. The molecule has 3 aliphatic rings. The lowest BCUT2D eigenvalue weighted by atomic mass is 9.86. The first-order valence-corrected chi connectivity index (χ1v) is 9.17. The highest BCUT2D eigenvalue weighted by atomic mass is 16.2. The summed E-state index contributed by atoms with van der Waals surface area (Å²) in [5, 5.41) is 0.